The van der Waals surface area contributed by atoms with Crippen LogP contribution < -0.4 is 10.6 Å². The summed E-state index contributed by atoms with van der Waals surface area (Å²) >= 11 is 0. The molecule has 1 aromatic carbocycles. The highest BCUT2D eigenvalue weighted by molar-refractivity contribution is 5.94. The predicted octanol–water partition coefficient (Wildman–Crippen LogP) is 2.71. The van der Waals surface area contributed by atoms with Crippen LogP contribution >= 0.6 is 0 Å². The van der Waals surface area contributed by atoms with Crippen molar-refractivity contribution in [2.75, 3.05) is 44.6 Å². The summed E-state index contributed by atoms with van der Waals surface area (Å²) in [5.41, 5.74) is 3.48. The number of amides is 2. The molecule has 2 N–H and O–H groups in total. The molecule has 0 aliphatic carbocycles. The minimum Gasteiger partial charge on any atom is -0.367 e. The van der Waals surface area contributed by atoms with Crippen LogP contribution in [0, 0.1) is 0 Å². The Morgan fingerprint density at radius 1 is 1.03 bits per heavy atom. The maximum absolute atomic E-state index is 13.1. The summed E-state index contributed by atoms with van der Waals surface area (Å²) in [6.45, 7) is 7.28. The zero-order chi connectivity index (χ0) is 24.7. The SMILES string of the molecule is O=CN1CCC(Nc2cc(C(=O)NCC(CN3Cc4ccccc4C3)N3CCCCC3)ccn2)CC1. The number of carbonyl (C=O) groups is 2. The van der Waals surface area contributed by atoms with E-state index in [4.69, 9.17) is 0 Å². The van der Waals surface area contributed by atoms with Gasteiger partial charge in [-0.1, -0.05) is 30.7 Å². The molecule has 0 bridgehead atoms. The largest absolute Gasteiger partial charge is 0.367 e. The van der Waals surface area contributed by atoms with Crippen molar-refractivity contribution >= 4 is 18.1 Å². The first-order chi connectivity index (χ1) is 17.7. The number of benzene rings is 1. The molecule has 0 radical (unpaired) electrons. The molecule has 1 atom stereocenters. The Bertz CT molecular complexity index is 1010. The summed E-state index contributed by atoms with van der Waals surface area (Å²) < 4.78 is 0. The molecule has 2 amide bonds. The number of piperidine rings is 2. The molecule has 0 spiro atoms. The van der Waals surface area contributed by atoms with Crippen LogP contribution in [-0.2, 0) is 17.9 Å². The summed E-state index contributed by atoms with van der Waals surface area (Å²) in [4.78, 5) is 35.4. The van der Waals surface area contributed by atoms with Gasteiger partial charge in [0.15, 0.2) is 0 Å². The summed E-state index contributed by atoms with van der Waals surface area (Å²) in [7, 11) is 0. The lowest BCUT2D eigenvalue weighted by molar-refractivity contribution is -0.118. The van der Waals surface area contributed by atoms with E-state index >= 15 is 0 Å². The first-order valence-electron chi connectivity index (χ1n) is 13.4. The molecule has 36 heavy (non-hydrogen) atoms. The lowest BCUT2D eigenvalue weighted by Gasteiger charge is -2.36. The van der Waals surface area contributed by atoms with Crippen molar-refractivity contribution in [3.63, 3.8) is 0 Å². The van der Waals surface area contributed by atoms with E-state index in [-0.39, 0.29) is 11.9 Å². The standard InChI is InChI=1S/C28H38N6O2/c35-21-32-14-9-25(10-15-32)31-27-16-22(8-11-29-27)28(36)30-17-26(34-12-4-1-5-13-34)20-33-18-23-6-2-3-7-24(23)19-33/h2-3,6-8,11,16,21,25-26H,1,4-5,9-10,12-15,17-20H2,(H,29,31)(H,30,36). The van der Waals surface area contributed by atoms with Crippen molar-refractivity contribution in [2.45, 2.75) is 57.3 Å². The molecule has 0 saturated carbocycles. The number of pyridine rings is 1. The van der Waals surface area contributed by atoms with Crippen LogP contribution in [-0.4, -0.2) is 83.4 Å². The zero-order valence-electron chi connectivity index (χ0n) is 21.1. The van der Waals surface area contributed by atoms with Crippen LogP contribution in [0.1, 0.15) is 53.6 Å². The van der Waals surface area contributed by atoms with Crippen LogP contribution in [0.5, 0.6) is 0 Å². The third-order valence-electron chi connectivity index (χ3n) is 7.83. The van der Waals surface area contributed by atoms with Gasteiger partial charge in [-0.15, -0.1) is 0 Å². The molecule has 4 heterocycles. The Morgan fingerprint density at radius 3 is 2.44 bits per heavy atom. The van der Waals surface area contributed by atoms with Gasteiger partial charge in [0.2, 0.25) is 6.41 Å². The maximum Gasteiger partial charge on any atom is 0.251 e. The minimum absolute atomic E-state index is 0.0528. The van der Waals surface area contributed by atoms with Crippen LogP contribution in [0.25, 0.3) is 0 Å². The highest BCUT2D eigenvalue weighted by Crippen LogP contribution is 2.24. The van der Waals surface area contributed by atoms with Crippen molar-refractivity contribution in [3.05, 3.63) is 59.3 Å². The van der Waals surface area contributed by atoms with Crippen molar-refractivity contribution in [1.29, 1.82) is 0 Å². The monoisotopic (exact) mass is 490 g/mol. The van der Waals surface area contributed by atoms with Crippen molar-refractivity contribution < 1.29 is 9.59 Å². The van der Waals surface area contributed by atoms with Gasteiger partial charge in [-0.2, -0.15) is 0 Å². The fourth-order valence-corrected chi connectivity index (χ4v) is 5.75. The van der Waals surface area contributed by atoms with Crippen LogP contribution in [0.4, 0.5) is 5.82 Å². The van der Waals surface area contributed by atoms with Crippen LogP contribution in [0.3, 0.4) is 0 Å². The van der Waals surface area contributed by atoms with Crippen LogP contribution in [0.15, 0.2) is 42.6 Å². The third kappa shape index (κ3) is 6.23. The molecule has 5 rings (SSSR count). The number of hydrogen-bond donors (Lipinski definition) is 2. The number of hydrogen-bond acceptors (Lipinski definition) is 6. The molecule has 8 heteroatoms. The molecule has 3 aliphatic rings. The first-order valence-corrected chi connectivity index (χ1v) is 13.4. The van der Waals surface area contributed by atoms with E-state index < -0.39 is 0 Å². The fraction of sp³-hybridized carbons (Fsp3) is 0.536. The van der Waals surface area contributed by atoms with E-state index in [9.17, 15) is 9.59 Å². The number of nitrogens with one attached hydrogen (secondary N) is 2. The van der Waals surface area contributed by atoms with E-state index in [1.54, 1.807) is 17.2 Å². The lowest BCUT2D eigenvalue weighted by atomic mass is 10.1. The highest BCUT2D eigenvalue weighted by atomic mass is 16.1. The molecule has 2 aromatic rings. The lowest BCUT2D eigenvalue weighted by Crippen LogP contribution is -2.51. The number of likely N-dealkylation sites (tertiary alicyclic amines) is 2. The van der Waals surface area contributed by atoms with Gasteiger partial charge in [0.05, 0.1) is 0 Å². The summed E-state index contributed by atoms with van der Waals surface area (Å²) in [5.74, 6) is 0.664. The number of nitrogens with zero attached hydrogens (tertiary/aromatic N) is 4. The number of aromatic nitrogens is 1. The Kier molecular flexibility index (Phi) is 8.13. The number of rotatable bonds is 9. The van der Waals surface area contributed by atoms with Crippen molar-refractivity contribution in [3.8, 4) is 0 Å². The Balaban J connectivity index is 1.18. The molecule has 3 aliphatic heterocycles. The van der Waals surface area contributed by atoms with E-state index in [1.165, 1.54) is 30.4 Å². The second-order valence-corrected chi connectivity index (χ2v) is 10.4. The Hall–Kier alpha value is -2.97. The van der Waals surface area contributed by atoms with Gasteiger partial charge >= 0.3 is 0 Å². The van der Waals surface area contributed by atoms with E-state index in [1.807, 2.05) is 6.07 Å². The van der Waals surface area contributed by atoms with Gasteiger partial charge in [0, 0.05) is 63.1 Å². The smallest absolute Gasteiger partial charge is 0.251 e. The van der Waals surface area contributed by atoms with Crippen molar-refractivity contribution in [2.24, 2.45) is 0 Å². The molecule has 8 nitrogen and oxygen atoms in total. The minimum atomic E-state index is -0.0528. The van der Waals surface area contributed by atoms with Crippen LogP contribution in [0.2, 0.25) is 0 Å². The summed E-state index contributed by atoms with van der Waals surface area (Å²) in [6, 6.07) is 12.9. The fourth-order valence-electron chi connectivity index (χ4n) is 5.75. The second-order valence-electron chi connectivity index (χ2n) is 10.4. The van der Waals surface area contributed by atoms with Gasteiger partial charge in [0.1, 0.15) is 5.82 Å². The molecule has 192 valence electrons. The number of anilines is 1. The van der Waals surface area contributed by atoms with Gasteiger partial charge in [-0.25, -0.2) is 4.98 Å². The Labute approximate surface area is 214 Å². The van der Waals surface area contributed by atoms with E-state index in [2.05, 4.69) is 49.7 Å². The molecule has 1 aromatic heterocycles. The third-order valence-corrected chi connectivity index (χ3v) is 7.83. The summed E-state index contributed by atoms with van der Waals surface area (Å²) in [6.07, 6.45) is 8.14. The van der Waals surface area contributed by atoms with Gasteiger partial charge < -0.3 is 15.5 Å². The maximum atomic E-state index is 13.1. The van der Waals surface area contributed by atoms with E-state index in [0.29, 0.717) is 18.2 Å². The first kappa shape index (κ1) is 24.7. The molecule has 1 unspecified atom stereocenters. The summed E-state index contributed by atoms with van der Waals surface area (Å²) in [5, 5.41) is 6.67. The predicted molar refractivity (Wildman–Crippen MR) is 141 cm³/mol. The zero-order valence-corrected chi connectivity index (χ0v) is 21.1. The highest BCUT2D eigenvalue weighted by Gasteiger charge is 2.27. The molecule has 2 fully saturated rings. The quantitative estimate of drug-likeness (QED) is 0.526. The number of carbonyl (C=O) groups excluding carboxylic acids is 2. The topological polar surface area (TPSA) is 80.8 Å². The average Bonchev–Trinajstić information content (AvgIpc) is 3.34. The van der Waals surface area contributed by atoms with E-state index in [0.717, 1.165) is 70.9 Å². The van der Waals surface area contributed by atoms with Crippen molar-refractivity contribution in [1.82, 2.24) is 25.0 Å². The van der Waals surface area contributed by atoms with Gasteiger partial charge in [-0.3, -0.25) is 19.4 Å². The van der Waals surface area contributed by atoms with Gasteiger partial charge in [0.25, 0.3) is 5.91 Å². The second kappa shape index (κ2) is 11.8. The van der Waals surface area contributed by atoms with Gasteiger partial charge in [-0.05, 0) is 62.0 Å². The normalized spacial score (nSPS) is 20.1. The average molecular weight is 491 g/mol. The molecule has 2 saturated heterocycles. The molecular weight excluding hydrogens is 452 g/mol. The Morgan fingerprint density at radius 2 is 1.75 bits per heavy atom. The molecular formula is C28H38N6O2. The number of fused-ring (bicyclic) bond motifs is 1.